The Balaban J connectivity index is 1.65. The van der Waals surface area contributed by atoms with Crippen LogP contribution in [0.15, 0.2) is 72.1 Å². The number of nitrogens with zero attached hydrogens (tertiary/aromatic N) is 2. The largest absolute Gasteiger partial charge is 0.377 e. The number of rotatable bonds is 1. The van der Waals surface area contributed by atoms with E-state index in [9.17, 15) is 4.39 Å². The van der Waals surface area contributed by atoms with Crippen LogP contribution in [-0.2, 0) is 5.54 Å². The van der Waals surface area contributed by atoms with Gasteiger partial charge in [-0.1, -0.05) is 6.08 Å². The van der Waals surface area contributed by atoms with E-state index in [1.54, 1.807) is 12.1 Å². The van der Waals surface area contributed by atoms with Crippen molar-refractivity contribution in [2.24, 2.45) is 0 Å². The molecule has 3 nitrogen and oxygen atoms in total. The molecule has 3 heterocycles. The average molecular weight is 363 g/mol. The molecular formula is C23H26FN3. The zero-order valence-electron chi connectivity index (χ0n) is 16.0. The molecule has 0 radical (unpaired) electrons. The molecule has 0 saturated carbocycles. The molecule has 0 atom stereocenters. The molecule has 0 bridgehead atoms. The number of allylic oxidation sites excluding steroid dienone is 5. The van der Waals surface area contributed by atoms with Crippen molar-refractivity contribution in [1.29, 1.82) is 0 Å². The van der Waals surface area contributed by atoms with E-state index >= 15 is 0 Å². The fraction of sp³-hybridized carbons (Fsp3) is 0.304. The van der Waals surface area contributed by atoms with Crippen molar-refractivity contribution >= 4 is 11.9 Å². The van der Waals surface area contributed by atoms with Crippen LogP contribution in [0, 0.1) is 5.82 Å². The van der Waals surface area contributed by atoms with E-state index < -0.39 is 0 Å². The van der Waals surface area contributed by atoms with Crippen LogP contribution in [0.2, 0.25) is 0 Å². The second-order valence-electron chi connectivity index (χ2n) is 7.55. The van der Waals surface area contributed by atoms with Gasteiger partial charge < -0.3 is 14.8 Å². The molecule has 4 heteroatoms. The van der Waals surface area contributed by atoms with E-state index in [0.717, 1.165) is 31.6 Å². The number of halogens is 1. The number of hydrogen-bond acceptors (Lipinski definition) is 2. The van der Waals surface area contributed by atoms with Crippen LogP contribution in [0.25, 0.3) is 6.20 Å². The second kappa shape index (κ2) is 7.10. The van der Waals surface area contributed by atoms with E-state index in [2.05, 4.69) is 71.4 Å². The van der Waals surface area contributed by atoms with Crippen LogP contribution in [0.1, 0.15) is 32.4 Å². The van der Waals surface area contributed by atoms with Crippen LogP contribution in [0.3, 0.4) is 0 Å². The predicted octanol–water partition coefficient (Wildman–Crippen LogP) is 5.05. The van der Waals surface area contributed by atoms with Crippen molar-refractivity contribution in [2.45, 2.75) is 32.2 Å². The van der Waals surface area contributed by atoms with E-state index in [1.165, 1.54) is 17.0 Å². The lowest BCUT2D eigenvalue weighted by atomic mass is 9.83. The van der Waals surface area contributed by atoms with Gasteiger partial charge in [0.05, 0.1) is 5.54 Å². The lowest BCUT2D eigenvalue weighted by Crippen LogP contribution is -2.51. The maximum atomic E-state index is 13.3. The molecule has 27 heavy (non-hydrogen) atoms. The highest BCUT2D eigenvalue weighted by Crippen LogP contribution is 2.36. The quantitative estimate of drug-likeness (QED) is 0.765. The van der Waals surface area contributed by atoms with Crippen molar-refractivity contribution < 1.29 is 4.39 Å². The number of hydrogen-bond donors (Lipinski definition) is 1. The van der Waals surface area contributed by atoms with Gasteiger partial charge in [-0.25, -0.2) is 4.39 Å². The number of fused-ring (bicyclic) bond motifs is 2. The number of piperidine rings is 1. The van der Waals surface area contributed by atoms with E-state index in [1.807, 2.05) is 12.1 Å². The Labute approximate surface area is 160 Å². The Morgan fingerprint density at radius 2 is 1.78 bits per heavy atom. The van der Waals surface area contributed by atoms with Crippen molar-refractivity contribution in [3.8, 4) is 0 Å². The summed E-state index contributed by atoms with van der Waals surface area (Å²) in [6.07, 6.45) is 12.7. The van der Waals surface area contributed by atoms with Crippen molar-refractivity contribution in [3.63, 3.8) is 0 Å². The first-order valence-corrected chi connectivity index (χ1v) is 9.55. The van der Waals surface area contributed by atoms with Gasteiger partial charge in [-0.3, -0.25) is 0 Å². The molecule has 2 aliphatic rings. The summed E-state index contributed by atoms with van der Waals surface area (Å²) in [5.74, 6) is -0.185. The Morgan fingerprint density at radius 3 is 2.52 bits per heavy atom. The molecule has 2 aromatic rings. The standard InChI is InChI=1S/C23H26FN3/c1-18-5-3-13-27-14-4-6-22(27)23(25-19(2)17-18)11-15-26(16-12-23)21-9-7-20(24)8-10-21/h3-10,13-14,17,25H,11-12,15-16H2,1-2H3/b13-3+,18-5-,19-17+. The minimum atomic E-state index is -0.185. The maximum Gasteiger partial charge on any atom is 0.123 e. The molecule has 0 aliphatic carbocycles. The van der Waals surface area contributed by atoms with E-state index in [0.29, 0.717) is 0 Å². The molecule has 1 spiro atoms. The van der Waals surface area contributed by atoms with Crippen LogP contribution in [-0.4, -0.2) is 17.7 Å². The molecule has 1 N–H and O–H groups in total. The van der Waals surface area contributed by atoms with Crippen molar-refractivity contribution in [2.75, 3.05) is 18.0 Å². The maximum absolute atomic E-state index is 13.3. The Morgan fingerprint density at radius 1 is 1.04 bits per heavy atom. The summed E-state index contributed by atoms with van der Waals surface area (Å²) in [5.41, 5.74) is 4.68. The van der Waals surface area contributed by atoms with Gasteiger partial charge in [0.1, 0.15) is 5.82 Å². The normalized spacial score (nSPS) is 24.2. The van der Waals surface area contributed by atoms with Gasteiger partial charge in [0.15, 0.2) is 0 Å². The third kappa shape index (κ3) is 3.57. The zero-order valence-corrected chi connectivity index (χ0v) is 16.0. The molecule has 0 unspecified atom stereocenters. The topological polar surface area (TPSA) is 20.2 Å². The fourth-order valence-electron chi connectivity index (χ4n) is 4.26. The van der Waals surface area contributed by atoms with Gasteiger partial charge in [0, 0.05) is 42.6 Å². The first kappa shape index (κ1) is 17.7. The highest BCUT2D eigenvalue weighted by molar-refractivity contribution is 5.48. The van der Waals surface area contributed by atoms with Crippen molar-refractivity contribution in [1.82, 2.24) is 9.88 Å². The second-order valence-corrected chi connectivity index (χ2v) is 7.55. The molecule has 0 amide bonds. The monoisotopic (exact) mass is 363 g/mol. The number of aromatic nitrogens is 1. The van der Waals surface area contributed by atoms with Gasteiger partial charge in [0.25, 0.3) is 0 Å². The van der Waals surface area contributed by atoms with Crippen LogP contribution in [0.5, 0.6) is 0 Å². The minimum absolute atomic E-state index is 0.109. The zero-order chi connectivity index (χ0) is 18.9. The van der Waals surface area contributed by atoms with Crippen LogP contribution >= 0.6 is 0 Å². The molecule has 1 saturated heterocycles. The molecule has 2 aliphatic heterocycles. The lowest BCUT2D eigenvalue weighted by molar-refractivity contribution is 0.276. The Hall–Kier alpha value is -2.75. The van der Waals surface area contributed by atoms with Gasteiger partial charge in [-0.2, -0.15) is 0 Å². The Bertz CT molecular complexity index is 894. The first-order valence-electron chi connectivity index (χ1n) is 9.55. The summed E-state index contributed by atoms with van der Waals surface area (Å²) < 4.78 is 15.5. The van der Waals surface area contributed by atoms with Gasteiger partial charge >= 0.3 is 0 Å². The van der Waals surface area contributed by atoms with Crippen LogP contribution < -0.4 is 10.2 Å². The summed E-state index contributed by atoms with van der Waals surface area (Å²) in [6.45, 7) is 6.12. The third-order valence-corrected chi connectivity index (χ3v) is 5.56. The number of nitrogens with one attached hydrogen (secondary N) is 1. The summed E-state index contributed by atoms with van der Waals surface area (Å²) in [4.78, 5) is 2.35. The summed E-state index contributed by atoms with van der Waals surface area (Å²) in [6, 6.07) is 11.2. The van der Waals surface area contributed by atoms with E-state index in [4.69, 9.17) is 0 Å². The number of benzene rings is 1. The summed E-state index contributed by atoms with van der Waals surface area (Å²) in [5, 5.41) is 3.83. The molecule has 4 rings (SSSR count). The summed E-state index contributed by atoms with van der Waals surface area (Å²) >= 11 is 0. The van der Waals surface area contributed by atoms with Crippen molar-refractivity contribution in [3.05, 3.63) is 83.6 Å². The third-order valence-electron chi connectivity index (χ3n) is 5.56. The smallest absolute Gasteiger partial charge is 0.123 e. The highest BCUT2D eigenvalue weighted by Gasteiger charge is 2.38. The van der Waals surface area contributed by atoms with Crippen LogP contribution in [0.4, 0.5) is 10.1 Å². The minimum Gasteiger partial charge on any atom is -0.377 e. The van der Waals surface area contributed by atoms with Gasteiger partial charge in [-0.15, -0.1) is 0 Å². The molecule has 1 aromatic heterocycles. The fourth-order valence-corrected chi connectivity index (χ4v) is 4.26. The Kier molecular flexibility index (Phi) is 4.65. The number of anilines is 1. The molecule has 1 aromatic carbocycles. The van der Waals surface area contributed by atoms with Gasteiger partial charge in [-0.05, 0) is 80.8 Å². The molecule has 140 valence electrons. The average Bonchev–Trinajstić information content (AvgIpc) is 3.12. The van der Waals surface area contributed by atoms with E-state index in [-0.39, 0.29) is 11.4 Å². The predicted molar refractivity (Wildman–Crippen MR) is 110 cm³/mol. The summed E-state index contributed by atoms with van der Waals surface area (Å²) in [7, 11) is 0. The SMILES string of the molecule is CC1=C/C=C/n2cccc2C2(CCN(c3ccc(F)cc3)CC2)N\C(C)=C\1. The van der Waals surface area contributed by atoms with Gasteiger partial charge in [0.2, 0.25) is 0 Å². The lowest BCUT2D eigenvalue weighted by Gasteiger charge is -2.44. The first-order chi connectivity index (χ1) is 13.1. The molecular weight excluding hydrogens is 337 g/mol. The highest BCUT2D eigenvalue weighted by atomic mass is 19.1. The molecule has 1 fully saturated rings.